The van der Waals surface area contributed by atoms with E-state index in [1.54, 1.807) is 14.0 Å². The van der Waals surface area contributed by atoms with Crippen LogP contribution in [-0.4, -0.2) is 93.6 Å². The number of cyclic esters (lactones) is 1. The zero-order chi connectivity index (χ0) is 24.2. The van der Waals surface area contributed by atoms with Gasteiger partial charge in [-0.2, -0.15) is 0 Å². The van der Waals surface area contributed by atoms with Gasteiger partial charge in [0.15, 0.2) is 23.2 Å². The molecule has 186 valence electrons. The van der Waals surface area contributed by atoms with Crippen molar-refractivity contribution in [3.05, 3.63) is 18.0 Å². The van der Waals surface area contributed by atoms with Crippen LogP contribution in [0, 0.1) is 0 Å². The van der Waals surface area contributed by atoms with E-state index in [-0.39, 0.29) is 31.3 Å². The summed E-state index contributed by atoms with van der Waals surface area (Å²) in [6, 6.07) is 0.287. The Hall–Kier alpha value is -2.47. The lowest BCUT2D eigenvalue weighted by molar-refractivity contribution is -0.169. The Bertz CT molecular complexity index is 761. The maximum absolute atomic E-state index is 12.8. The maximum atomic E-state index is 12.8. The number of rotatable bonds is 11. The Balaban J connectivity index is 2.13. The topological polar surface area (TPSA) is 135 Å². The second-order valence-electron chi connectivity index (χ2n) is 7.51. The smallest absolute Gasteiger partial charge is 0.331 e. The third-order valence-corrected chi connectivity index (χ3v) is 5.04. The number of nitrogens with one attached hydrogen (secondary N) is 1. The molecule has 0 saturated carbocycles. The monoisotopic (exact) mass is 470 g/mol. The number of hydrogen-bond donors (Lipinski definition) is 2. The molecule has 1 fully saturated rings. The summed E-state index contributed by atoms with van der Waals surface area (Å²) in [4.78, 5) is 29.4. The molecule has 1 aromatic heterocycles. The highest BCUT2D eigenvalue weighted by Gasteiger charge is 2.36. The molecule has 0 radical (unpaired) electrons. The van der Waals surface area contributed by atoms with E-state index in [0.29, 0.717) is 13.2 Å². The number of aromatic nitrogens is 1. The summed E-state index contributed by atoms with van der Waals surface area (Å²) < 4.78 is 33.2. The number of amides is 1. The maximum Gasteiger partial charge on any atom is 0.331 e. The number of hydrogen-bond acceptors (Lipinski definition) is 10. The summed E-state index contributed by atoms with van der Waals surface area (Å²) in [6.45, 7) is 4.91. The number of methoxy groups -OCH3 is 2. The van der Waals surface area contributed by atoms with Gasteiger partial charge in [0, 0.05) is 26.0 Å². The minimum atomic E-state index is -1.12. The summed E-state index contributed by atoms with van der Waals surface area (Å²) in [7, 11) is 2.92. The number of carbonyl (C=O) groups excluding carboxylic acids is 2. The van der Waals surface area contributed by atoms with Crippen molar-refractivity contribution in [2.45, 2.75) is 51.0 Å². The van der Waals surface area contributed by atoms with E-state index in [9.17, 15) is 14.7 Å². The van der Waals surface area contributed by atoms with E-state index in [2.05, 4.69) is 17.2 Å². The highest BCUT2D eigenvalue weighted by molar-refractivity contribution is 5.98. The lowest BCUT2D eigenvalue weighted by Gasteiger charge is -2.30. The number of aromatic hydroxyl groups is 1. The Morgan fingerprint density at radius 3 is 2.73 bits per heavy atom. The average molecular weight is 471 g/mol. The van der Waals surface area contributed by atoms with Crippen LogP contribution in [-0.2, 0) is 28.5 Å². The third-order valence-electron chi connectivity index (χ3n) is 5.04. The van der Waals surface area contributed by atoms with Gasteiger partial charge in [-0.3, -0.25) is 4.79 Å². The van der Waals surface area contributed by atoms with Crippen molar-refractivity contribution in [2.24, 2.45) is 0 Å². The van der Waals surface area contributed by atoms with Crippen molar-refractivity contribution in [3.63, 3.8) is 0 Å². The first kappa shape index (κ1) is 26.8. The molecule has 1 aliphatic rings. The number of unbranched alkanes of at least 4 members (excludes halogenated alkanes) is 1. The van der Waals surface area contributed by atoms with Crippen LogP contribution in [0.15, 0.2) is 12.3 Å². The molecule has 2 rings (SSSR count). The van der Waals surface area contributed by atoms with Gasteiger partial charge >= 0.3 is 5.97 Å². The first-order chi connectivity index (χ1) is 15.9. The largest absolute Gasteiger partial charge is 0.503 e. The standard InChI is InChI=1S/C22H34N2O9/c1-5-6-9-31-17-13-30-12-15(22(27)33-14(2)20(17)32-11-10-28-3)24-21(26)18-19(25)16(29-4)7-8-23-18/h7-8,14-15,17,20,25H,5-6,9-13H2,1-4H3,(H,24,26)/t14-,15-,17-,20-/m0/s1. The van der Waals surface area contributed by atoms with Gasteiger partial charge in [-0.25, -0.2) is 9.78 Å². The van der Waals surface area contributed by atoms with E-state index >= 15 is 0 Å². The van der Waals surface area contributed by atoms with E-state index in [1.807, 2.05) is 0 Å². The molecule has 1 aliphatic heterocycles. The molecule has 1 aromatic rings. The number of esters is 1. The van der Waals surface area contributed by atoms with Crippen LogP contribution >= 0.6 is 0 Å². The quantitative estimate of drug-likeness (QED) is 0.357. The fraction of sp³-hybridized carbons (Fsp3) is 0.682. The minimum Gasteiger partial charge on any atom is -0.503 e. The lowest BCUT2D eigenvalue weighted by Crippen LogP contribution is -2.47. The molecule has 0 aromatic carbocycles. The second-order valence-corrected chi connectivity index (χ2v) is 7.51. The molecule has 0 unspecified atom stereocenters. The Morgan fingerprint density at radius 2 is 2.03 bits per heavy atom. The summed E-state index contributed by atoms with van der Waals surface area (Å²) >= 11 is 0. The lowest BCUT2D eigenvalue weighted by atomic mass is 10.1. The predicted molar refractivity (Wildman–Crippen MR) is 116 cm³/mol. The number of nitrogens with zero attached hydrogens (tertiary/aromatic N) is 1. The SMILES string of the molecule is CCCCO[C@H]1COC[C@H](NC(=O)c2nccc(OC)c2O)C(=O)O[C@@H](C)[C@@H]1OCCOC. The van der Waals surface area contributed by atoms with E-state index in [1.165, 1.54) is 19.4 Å². The average Bonchev–Trinajstić information content (AvgIpc) is 2.84. The summed E-state index contributed by atoms with van der Waals surface area (Å²) in [5, 5.41) is 12.7. The molecule has 33 heavy (non-hydrogen) atoms. The highest BCUT2D eigenvalue weighted by atomic mass is 16.6. The van der Waals surface area contributed by atoms with Crippen molar-refractivity contribution < 1.29 is 43.1 Å². The first-order valence-electron chi connectivity index (χ1n) is 11.0. The van der Waals surface area contributed by atoms with Crippen molar-refractivity contribution in [1.29, 1.82) is 0 Å². The van der Waals surface area contributed by atoms with E-state index in [4.69, 9.17) is 28.4 Å². The fourth-order valence-electron chi connectivity index (χ4n) is 3.23. The van der Waals surface area contributed by atoms with Crippen LogP contribution in [0.2, 0.25) is 0 Å². The fourth-order valence-corrected chi connectivity index (χ4v) is 3.23. The van der Waals surface area contributed by atoms with Crippen molar-refractivity contribution in [2.75, 3.05) is 47.3 Å². The summed E-state index contributed by atoms with van der Waals surface area (Å²) in [6.07, 6.45) is 1.41. The summed E-state index contributed by atoms with van der Waals surface area (Å²) in [5.41, 5.74) is -0.281. The Kier molecular flexibility index (Phi) is 11.3. The number of pyridine rings is 1. The van der Waals surface area contributed by atoms with Gasteiger partial charge in [0.1, 0.15) is 18.3 Å². The molecule has 4 atom stereocenters. The molecule has 1 saturated heterocycles. The van der Waals surface area contributed by atoms with Crippen molar-refractivity contribution in [3.8, 4) is 11.5 Å². The van der Waals surface area contributed by atoms with Gasteiger partial charge in [-0.05, 0) is 13.3 Å². The number of carbonyl (C=O) groups is 2. The molecular formula is C22H34N2O9. The van der Waals surface area contributed by atoms with Gasteiger partial charge < -0.3 is 38.8 Å². The number of ether oxygens (including phenoxy) is 6. The third kappa shape index (κ3) is 7.81. The minimum absolute atomic E-state index is 0.0835. The molecule has 2 heterocycles. The summed E-state index contributed by atoms with van der Waals surface area (Å²) in [5.74, 6) is -1.82. The van der Waals surface area contributed by atoms with Gasteiger partial charge in [0.25, 0.3) is 5.91 Å². The molecule has 1 amide bonds. The van der Waals surface area contributed by atoms with E-state index < -0.39 is 42.0 Å². The normalized spacial score (nSPS) is 23.7. The van der Waals surface area contributed by atoms with E-state index in [0.717, 1.165) is 12.8 Å². The van der Waals surface area contributed by atoms with Gasteiger partial charge in [-0.1, -0.05) is 13.3 Å². The highest BCUT2D eigenvalue weighted by Crippen LogP contribution is 2.27. The predicted octanol–water partition coefficient (Wildman–Crippen LogP) is 1.07. The van der Waals surface area contributed by atoms with Crippen LogP contribution in [0.4, 0.5) is 0 Å². The first-order valence-corrected chi connectivity index (χ1v) is 11.0. The molecule has 11 nitrogen and oxygen atoms in total. The van der Waals surface area contributed by atoms with Gasteiger partial charge in [0.2, 0.25) is 0 Å². The van der Waals surface area contributed by atoms with Gasteiger partial charge in [0.05, 0.1) is 33.5 Å². The molecule has 11 heteroatoms. The Morgan fingerprint density at radius 1 is 1.24 bits per heavy atom. The van der Waals surface area contributed by atoms with Crippen LogP contribution < -0.4 is 10.1 Å². The van der Waals surface area contributed by atoms with Crippen LogP contribution in [0.5, 0.6) is 11.5 Å². The zero-order valence-corrected chi connectivity index (χ0v) is 19.6. The Labute approximate surface area is 193 Å². The van der Waals surface area contributed by atoms with Crippen LogP contribution in [0.25, 0.3) is 0 Å². The molecule has 0 aliphatic carbocycles. The zero-order valence-electron chi connectivity index (χ0n) is 19.6. The van der Waals surface area contributed by atoms with Crippen molar-refractivity contribution in [1.82, 2.24) is 10.3 Å². The second kappa shape index (κ2) is 13.9. The van der Waals surface area contributed by atoms with Crippen LogP contribution in [0.3, 0.4) is 0 Å². The molecule has 0 spiro atoms. The molecule has 2 N–H and O–H groups in total. The van der Waals surface area contributed by atoms with Crippen molar-refractivity contribution >= 4 is 11.9 Å². The van der Waals surface area contributed by atoms with Crippen LogP contribution in [0.1, 0.15) is 37.2 Å². The van der Waals surface area contributed by atoms with Gasteiger partial charge in [-0.15, -0.1) is 0 Å². The molecule has 0 bridgehead atoms. The molecular weight excluding hydrogens is 436 g/mol.